The monoisotopic (exact) mass is 329 g/mol. The molecule has 0 N–H and O–H groups in total. The lowest BCUT2D eigenvalue weighted by Gasteiger charge is -2.19. The van der Waals surface area contributed by atoms with Gasteiger partial charge in [0.25, 0.3) is 0 Å². The second-order valence-electron chi connectivity index (χ2n) is 4.96. The van der Waals surface area contributed by atoms with Crippen molar-refractivity contribution in [1.82, 2.24) is 4.57 Å². The second-order valence-corrected chi connectivity index (χ2v) is 6.16. The first kappa shape index (κ1) is 13.4. The van der Waals surface area contributed by atoms with E-state index in [1.807, 2.05) is 26.8 Å². The van der Waals surface area contributed by atoms with Gasteiger partial charge < -0.3 is 4.74 Å². The van der Waals surface area contributed by atoms with E-state index < -0.39 is 11.7 Å². The number of ether oxygens (including phenoxy) is 1. The molecule has 3 nitrogen and oxygen atoms in total. The average molecular weight is 331 g/mol. The predicted octanol–water partition coefficient (Wildman–Crippen LogP) is 4.84. The van der Waals surface area contributed by atoms with Gasteiger partial charge in [0, 0.05) is 16.1 Å². The summed E-state index contributed by atoms with van der Waals surface area (Å²) < 4.78 is 7.59. The van der Waals surface area contributed by atoms with Crippen LogP contribution in [-0.4, -0.2) is 16.3 Å². The summed E-state index contributed by atoms with van der Waals surface area (Å²) in [6.45, 7) is 5.51. The van der Waals surface area contributed by atoms with Gasteiger partial charge in [0.05, 0.1) is 10.5 Å². The summed E-state index contributed by atoms with van der Waals surface area (Å²) in [7, 11) is 0. The van der Waals surface area contributed by atoms with E-state index in [4.69, 9.17) is 16.3 Å². The topological polar surface area (TPSA) is 31.2 Å². The van der Waals surface area contributed by atoms with Gasteiger partial charge in [0.2, 0.25) is 0 Å². The fraction of sp³-hybridized carbons (Fsp3) is 0.308. The molecule has 2 aromatic rings. The van der Waals surface area contributed by atoms with Gasteiger partial charge in [-0.15, -0.1) is 0 Å². The Kier molecular flexibility index (Phi) is 3.43. The maximum absolute atomic E-state index is 12.0. The third-order valence-electron chi connectivity index (χ3n) is 2.35. The van der Waals surface area contributed by atoms with Crippen molar-refractivity contribution < 1.29 is 9.53 Å². The van der Waals surface area contributed by atoms with Crippen LogP contribution >= 0.6 is 27.5 Å². The number of fused-ring (bicyclic) bond motifs is 1. The molecular formula is C13H13BrClNO2. The molecule has 0 radical (unpaired) electrons. The van der Waals surface area contributed by atoms with E-state index in [1.165, 1.54) is 4.57 Å². The summed E-state index contributed by atoms with van der Waals surface area (Å²) in [5, 5.41) is 1.50. The van der Waals surface area contributed by atoms with E-state index in [-0.39, 0.29) is 0 Å². The number of nitrogens with zero attached hydrogens (tertiary/aromatic N) is 1. The van der Waals surface area contributed by atoms with Crippen molar-refractivity contribution in [3.63, 3.8) is 0 Å². The van der Waals surface area contributed by atoms with Gasteiger partial charge in [0.15, 0.2) is 0 Å². The molecule has 2 rings (SSSR count). The number of rotatable bonds is 0. The van der Waals surface area contributed by atoms with Crippen LogP contribution in [0, 0.1) is 0 Å². The van der Waals surface area contributed by atoms with Gasteiger partial charge in [-0.2, -0.15) is 0 Å². The summed E-state index contributed by atoms with van der Waals surface area (Å²) in [5.74, 6) is 0. The largest absolute Gasteiger partial charge is 0.443 e. The molecule has 0 aliphatic heterocycles. The van der Waals surface area contributed by atoms with Crippen molar-refractivity contribution in [2.75, 3.05) is 0 Å². The van der Waals surface area contributed by atoms with Crippen LogP contribution in [0.2, 0.25) is 5.02 Å². The Morgan fingerprint density at radius 1 is 1.33 bits per heavy atom. The lowest BCUT2D eigenvalue weighted by molar-refractivity contribution is 0.0544. The predicted molar refractivity (Wildman–Crippen MR) is 76.3 cm³/mol. The highest BCUT2D eigenvalue weighted by atomic mass is 79.9. The van der Waals surface area contributed by atoms with E-state index in [0.717, 1.165) is 15.4 Å². The van der Waals surface area contributed by atoms with Crippen LogP contribution in [0.5, 0.6) is 0 Å². The van der Waals surface area contributed by atoms with Gasteiger partial charge in [-0.25, -0.2) is 4.79 Å². The third kappa shape index (κ3) is 2.54. The first-order valence-corrected chi connectivity index (χ1v) is 6.65. The zero-order chi connectivity index (χ0) is 13.5. The van der Waals surface area contributed by atoms with Crippen molar-refractivity contribution in [2.24, 2.45) is 0 Å². The molecular weight excluding hydrogens is 318 g/mol. The highest BCUT2D eigenvalue weighted by Crippen LogP contribution is 2.32. The number of aromatic nitrogens is 1. The number of halogens is 2. The Morgan fingerprint density at radius 3 is 2.61 bits per heavy atom. The SMILES string of the molecule is CC(C)(C)OC(=O)n1ccc2c(Br)c(Cl)ccc21. The molecule has 0 unspecified atom stereocenters. The van der Waals surface area contributed by atoms with Gasteiger partial charge in [0.1, 0.15) is 5.60 Å². The van der Waals surface area contributed by atoms with Crippen LogP contribution in [0.25, 0.3) is 10.9 Å². The summed E-state index contributed by atoms with van der Waals surface area (Å²) >= 11 is 9.42. The summed E-state index contributed by atoms with van der Waals surface area (Å²) in [6.07, 6.45) is 1.28. The normalized spacial score (nSPS) is 11.8. The molecule has 1 aromatic heterocycles. The first-order chi connectivity index (χ1) is 8.29. The molecule has 0 saturated carbocycles. The molecule has 0 atom stereocenters. The van der Waals surface area contributed by atoms with Crippen LogP contribution in [0.3, 0.4) is 0 Å². The molecule has 96 valence electrons. The van der Waals surface area contributed by atoms with Crippen molar-refractivity contribution in [3.8, 4) is 0 Å². The third-order valence-corrected chi connectivity index (χ3v) is 3.75. The Morgan fingerprint density at radius 2 is 2.00 bits per heavy atom. The number of hydrogen-bond acceptors (Lipinski definition) is 2. The van der Waals surface area contributed by atoms with Crippen LogP contribution in [0.15, 0.2) is 28.9 Å². The molecule has 0 fully saturated rings. The van der Waals surface area contributed by atoms with Crippen molar-refractivity contribution in [1.29, 1.82) is 0 Å². The molecule has 1 heterocycles. The molecule has 0 spiro atoms. The quantitative estimate of drug-likeness (QED) is 0.692. The first-order valence-electron chi connectivity index (χ1n) is 5.48. The fourth-order valence-corrected chi connectivity index (χ4v) is 2.26. The van der Waals surface area contributed by atoms with Crippen LogP contribution < -0.4 is 0 Å². The zero-order valence-electron chi connectivity index (χ0n) is 10.3. The van der Waals surface area contributed by atoms with E-state index in [9.17, 15) is 4.79 Å². The minimum absolute atomic E-state index is 0.397. The van der Waals surface area contributed by atoms with Crippen molar-refractivity contribution in [3.05, 3.63) is 33.9 Å². The molecule has 18 heavy (non-hydrogen) atoms. The molecule has 0 aliphatic carbocycles. The van der Waals surface area contributed by atoms with Gasteiger partial charge in [-0.05, 0) is 54.9 Å². The van der Waals surface area contributed by atoms with Gasteiger partial charge in [-0.1, -0.05) is 11.6 Å². The maximum atomic E-state index is 12.0. The van der Waals surface area contributed by atoms with Gasteiger partial charge >= 0.3 is 6.09 Å². The standard InChI is InChI=1S/C13H13BrClNO2/c1-13(2,3)18-12(17)16-7-6-8-10(16)5-4-9(15)11(8)14/h4-7H,1-3H3. The highest BCUT2D eigenvalue weighted by molar-refractivity contribution is 9.10. The lowest BCUT2D eigenvalue weighted by Crippen LogP contribution is -2.26. The molecule has 0 bridgehead atoms. The van der Waals surface area contributed by atoms with Crippen molar-refractivity contribution in [2.45, 2.75) is 26.4 Å². The summed E-state index contributed by atoms with van der Waals surface area (Å²) in [4.78, 5) is 12.0. The van der Waals surface area contributed by atoms with E-state index in [1.54, 1.807) is 18.3 Å². The second kappa shape index (κ2) is 4.59. The Labute approximate surface area is 119 Å². The number of benzene rings is 1. The van der Waals surface area contributed by atoms with Gasteiger partial charge in [-0.3, -0.25) is 4.57 Å². The van der Waals surface area contributed by atoms with E-state index >= 15 is 0 Å². The molecule has 0 aliphatic rings. The number of hydrogen-bond donors (Lipinski definition) is 0. The Hall–Kier alpha value is -1.00. The smallest absolute Gasteiger partial charge is 0.418 e. The van der Waals surface area contributed by atoms with E-state index in [0.29, 0.717) is 5.02 Å². The highest BCUT2D eigenvalue weighted by Gasteiger charge is 2.19. The van der Waals surface area contributed by atoms with Crippen LogP contribution in [0.1, 0.15) is 20.8 Å². The van der Waals surface area contributed by atoms with Crippen molar-refractivity contribution >= 4 is 44.5 Å². The summed E-state index contributed by atoms with van der Waals surface area (Å²) in [5.41, 5.74) is 0.248. The fourth-order valence-electron chi connectivity index (χ4n) is 1.62. The molecule has 0 saturated heterocycles. The zero-order valence-corrected chi connectivity index (χ0v) is 12.7. The van der Waals surface area contributed by atoms with Crippen LogP contribution in [-0.2, 0) is 4.74 Å². The van der Waals surface area contributed by atoms with E-state index in [2.05, 4.69) is 15.9 Å². The molecule has 5 heteroatoms. The minimum atomic E-state index is -0.517. The summed E-state index contributed by atoms with van der Waals surface area (Å²) in [6, 6.07) is 5.37. The number of carbonyl (C=O) groups is 1. The Bertz CT molecular complexity index is 613. The number of carbonyl (C=O) groups excluding carboxylic acids is 1. The lowest BCUT2D eigenvalue weighted by atomic mass is 10.2. The Balaban J connectivity index is 2.48. The molecule has 1 aromatic carbocycles. The average Bonchev–Trinajstić information content (AvgIpc) is 2.65. The maximum Gasteiger partial charge on any atom is 0.418 e. The van der Waals surface area contributed by atoms with Crippen LogP contribution in [0.4, 0.5) is 4.79 Å². The minimum Gasteiger partial charge on any atom is -0.443 e. The molecule has 0 amide bonds.